The number of furan rings is 1. The molecule has 0 atom stereocenters. The number of hydrogen-bond donors (Lipinski definition) is 1. The highest BCUT2D eigenvalue weighted by Crippen LogP contribution is 2.26. The van der Waals surface area contributed by atoms with Gasteiger partial charge in [-0.3, -0.25) is 0 Å². The molecule has 2 N–H and O–H groups in total. The Bertz CT molecular complexity index is 593. The van der Waals surface area contributed by atoms with Crippen LogP contribution in [0.4, 0.5) is 5.69 Å². The highest BCUT2D eigenvalue weighted by Gasteiger charge is 2.05. The van der Waals surface area contributed by atoms with E-state index >= 15 is 0 Å². The molecule has 1 aromatic carbocycles. The monoisotopic (exact) mass is 210 g/mol. The molecule has 16 heavy (non-hydrogen) atoms. The van der Waals surface area contributed by atoms with E-state index in [4.69, 9.17) is 10.2 Å². The molecule has 0 amide bonds. The zero-order valence-electron chi connectivity index (χ0n) is 8.55. The van der Waals surface area contributed by atoms with Gasteiger partial charge in [0.2, 0.25) is 5.71 Å². The van der Waals surface area contributed by atoms with Crippen molar-refractivity contribution in [1.29, 1.82) is 0 Å². The second-order valence-corrected chi connectivity index (χ2v) is 3.63. The summed E-state index contributed by atoms with van der Waals surface area (Å²) in [5, 5.41) is 1.01. The van der Waals surface area contributed by atoms with Crippen LogP contribution in [0.2, 0.25) is 0 Å². The normalized spacial score (nSPS) is 10.8. The third kappa shape index (κ3) is 1.42. The number of nitrogens with zero attached hydrogens (tertiary/aromatic N) is 1. The van der Waals surface area contributed by atoms with Gasteiger partial charge in [0, 0.05) is 22.8 Å². The van der Waals surface area contributed by atoms with Gasteiger partial charge in [-0.15, -0.1) is 0 Å². The molecule has 0 radical (unpaired) electrons. The number of fused-ring (bicyclic) bond motifs is 1. The first-order chi connectivity index (χ1) is 7.83. The Morgan fingerprint density at radius 1 is 1.06 bits per heavy atom. The number of aromatic nitrogens is 1. The molecule has 0 spiro atoms. The SMILES string of the molecule is Nc1ccc(-c2cc3cccnc3o2)cc1. The molecule has 3 nitrogen and oxygen atoms in total. The molecule has 0 unspecified atom stereocenters. The van der Waals surface area contributed by atoms with Crippen molar-refractivity contribution >= 4 is 16.8 Å². The second-order valence-electron chi connectivity index (χ2n) is 3.63. The summed E-state index contributed by atoms with van der Waals surface area (Å²) in [4.78, 5) is 4.15. The molecule has 2 heterocycles. The first-order valence-corrected chi connectivity index (χ1v) is 5.03. The van der Waals surface area contributed by atoms with Crippen LogP contribution in [0.5, 0.6) is 0 Å². The third-order valence-electron chi connectivity index (χ3n) is 2.49. The van der Waals surface area contributed by atoms with E-state index in [0.717, 1.165) is 22.4 Å². The predicted molar refractivity (Wildman–Crippen MR) is 63.9 cm³/mol. The van der Waals surface area contributed by atoms with E-state index in [9.17, 15) is 0 Å². The molecule has 0 aliphatic rings. The van der Waals surface area contributed by atoms with E-state index in [0.29, 0.717) is 5.71 Å². The first-order valence-electron chi connectivity index (χ1n) is 5.03. The van der Waals surface area contributed by atoms with Crippen molar-refractivity contribution in [2.75, 3.05) is 5.73 Å². The van der Waals surface area contributed by atoms with E-state index in [2.05, 4.69) is 4.98 Å². The molecule has 3 rings (SSSR count). The molecule has 2 aromatic heterocycles. The van der Waals surface area contributed by atoms with Crippen LogP contribution in [0, 0.1) is 0 Å². The Balaban J connectivity index is 2.15. The predicted octanol–water partition coefficient (Wildman–Crippen LogP) is 3.08. The second kappa shape index (κ2) is 3.38. The van der Waals surface area contributed by atoms with Crippen molar-refractivity contribution in [2.45, 2.75) is 0 Å². The maximum absolute atomic E-state index is 5.64. The molecule has 3 aromatic rings. The lowest BCUT2D eigenvalue weighted by Gasteiger charge is -1.96. The lowest BCUT2D eigenvalue weighted by atomic mass is 10.1. The van der Waals surface area contributed by atoms with Crippen LogP contribution in [0.3, 0.4) is 0 Å². The highest BCUT2D eigenvalue weighted by molar-refractivity contribution is 5.79. The van der Waals surface area contributed by atoms with Crippen LogP contribution >= 0.6 is 0 Å². The summed E-state index contributed by atoms with van der Waals surface area (Å²) in [5.41, 5.74) is 8.05. The third-order valence-corrected chi connectivity index (χ3v) is 2.49. The Hall–Kier alpha value is -2.29. The molecule has 0 bridgehead atoms. The molecule has 3 heteroatoms. The number of nitrogens with two attached hydrogens (primary N) is 1. The molecule has 0 saturated heterocycles. The summed E-state index contributed by atoms with van der Waals surface area (Å²) in [6.45, 7) is 0. The summed E-state index contributed by atoms with van der Waals surface area (Å²) >= 11 is 0. The Labute approximate surface area is 92.5 Å². The molecular formula is C13H10N2O. The Morgan fingerprint density at radius 3 is 2.62 bits per heavy atom. The van der Waals surface area contributed by atoms with Crippen molar-refractivity contribution < 1.29 is 4.42 Å². The van der Waals surface area contributed by atoms with E-state index in [-0.39, 0.29) is 0 Å². The minimum absolute atomic E-state index is 0.661. The molecule has 0 fully saturated rings. The summed E-state index contributed by atoms with van der Waals surface area (Å²) in [6.07, 6.45) is 1.72. The standard InChI is InChI=1S/C13H10N2O/c14-11-5-3-9(4-6-11)12-8-10-2-1-7-15-13(10)16-12/h1-8H,14H2. The topological polar surface area (TPSA) is 52.0 Å². The van der Waals surface area contributed by atoms with Crippen molar-refractivity contribution in [3.63, 3.8) is 0 Å². The van der Waals surface area contributed by atoms with Crippen molar-refractivity contribution in [1.82, 2.24) is 4.98 Å². The largest absolute Gasteiger partial charge is 0.438 e. The number of hydrogen-bond acceptors (Lipinski definition) is 3. The number of pyridine rings is 1. The Morgan fingerprint density at radius 2 is 1.88 bits per heavy atom. The highest BCUT2D eigenvalue weighted by atomic mass is 16.3. The van der Waals surface area contributed by atoms with Gasteiger partial charge in [0.25, 0.3) is 0 Å². The Kier molecular flexibility index (Phi) is 1.90. The summed E-state index contributed by atoms with van der Waals surface area (Å²) in [5.74, 6) is 0.814. The van der Waals surface area contributed by atoms with E-state index in [1.165, 1.54) is 0 Å². The van der Waals surface area contributed by atoms with E-state index < -0.39 is 0 Å². The summed E-state index contributed by atoms with van der Waals surface area (Å²) < 4.78 is 5.64. The van der Waals surface area contributed by atoms with Crippen molar-refractivity contribution in [2.24, 2.45) is 0 Å². The van der Waals surface area contributed by atoms with Gasteiger partial charge in [0.15, 0.2) is 0 Å². The first kappa shape index (κ1) is 8.97. The van der Waals surface area contributed by atoms with Gasteiger partial charge in [0.1, 0.15) is 5.76 Å². The van der Waals surface area contributed by atoms with Crippen LogP contribution < -0.4 is 5.73 Å². The fourth-order valence-corrected chi connectivity index (χ4v) is 1.66. The minimum atomic E-state index is 0.661. The average Bonchev–Trinajstić information content (AvgIpc) is 2.73. The van der Waals surface area contributed by atoms with Gasteiger partial charge >= 0.3 is 0 Å². The number of anilines is 1. The summed E-state index contributed by atoms with van der Waals surface area (Å²) in [6, 6.07) is 13.4. The average molecular weight is 210 g/mol. The van der Waals surface area contributed by atoms with Gasteiger partial charge in [-0.1, -0.05) is 0 Å². The van der Waals surface area contributed by atoms with Gasteiger partial charge in [-0.25, -0.2) is 4.98 Å². The minimum Gasteiger partial charge on any atom is -0.438 e. The lowest BCUT2D eigenvalue weighted by molar-refractivity contribution is 0.618. The van der Waals surface area contributed by atoms with Crippen LogP contribution in [0.15, 0.2) is 53.1 Å². The van der Waals surface area contributed by atoms with Crippen LogP contribution in [-0.2, 0) is 0 Å². The molecule has 0 aliphatic carbocycles. The van der Waals surface area contributed by atoms with Crippen LogP contribution in [-0.4, -0.2) is 4.98 Å². The lowest BCUT2D eigenvalue weighted by Crippen LogP contribution is -1.82. The maximum atomic E-state index is 5.64. The fraction of sp³-hybridized carbons (Fsp3) is 0. The molecule has 78 valence electrons. The van der Waals surface area contributed by atoms with E-state index in [1.54, 1.807) is 6.20 Å². The van der Waals surface area contributed by atoms with Gasteiger partial charge < -0.3 is 10.2 Å². The quantitative estimate of drug-likeness (QED) is 0.628. The van der Waals surface area contributed by atoms with Gasteiger partial charge in [-0.2, -0.15) is 0 Å². The van der Waals surface area contributed by atoms with Gasteiger partial charge in [-0.05, 0) is 42.5 Å². The zero-order valence-corrected chi connectivity index (χ0v) is 8.55. The smallest absolute Gasteiger partial charge is 0.226 e. The van der Waals surface area contributed by atoms with Crippen molar-refractivity contribution in [3.8, 4) is 11.3 Å². The van der Waals surface area contributed by atoms with Crippen molar-refractivity contribution in [3.05, 3.63) is 48.7 Å². The number of nitrogen functional groups attached to an aromatic ring is 1. The van der Waals surface area contributed by atoms with E-state index in [1.807, 2.05) is 42.5 Å². The fourth-order valence-electron chi connectivity index (χ4n) is 1.66. The molecule has 0 aliphatic heterocycles. The zero-order chi connectivity index (χ0) is 11.0. The molecule has 0 saturated carbocycles. The van der Waals surface area contributed by atoms with Crippen LogP contribution in [0.25, 0.3) is 22.4 Å². The maximum Gasteiger partial charge on any atom is 0.226 e. The number of benzene rings is 1. The molecular weight excluding hydrogens is 200 g/mol. The number of rotatable bonds is 1. The van der Waals surface area contributed by atoms with Gasteiger partial charge in [0.05, 0.1) is 0 Å². The summed E-state index contributed by atoms with van der Waals surface area (Å²) in [7, 11) is 0. The van der Waals surface area contributed by atoms with Crippen LogP contribution in [0.1, 0.15) is 0 Å².